The fraction of sp³-hybridized carbons (Fsp3) is 0.263. The van der Waals surface area contributed by atoms with Crippen molar-refractivity contribution in [1.82, 2.24) is 0 Å². The minimum Gasteiger partial charge on any atom is -0.326 e. The molecule has 2 amide bonds. The molecule has 0 spiro atoms. The Balaban J connectivity index is 1.88. The third-order valence-electron chi connectivity index (χ3n) is 3.47. The average molecular weight is 411 g/mol. The molecule has 0 aliphatic rings. The molecule has 0 atom stereocenters. The predicted molar refractivity (Wildman–Crippen MR) is 110 cm³/mol. The average Bonchev–Trinajstić information content (AvgIpc) is 2.62. The van der Waals surface area contributed by atoms with Gasteiger partial charge in [0.25, 0.3) is 0 Å². The Morgan fingerprint density at radius 3 is 2.58 bits per heavy atom. The molecule has 0 aliphatic heterocycles. The Kier molecular flexibility index (Phi) is 8.29. The molecule has 0 aliphatic carbocycles. The first kappa shape index (κ1) is 20.6. The fourth-order valence-electron chi connectivity index (χ4n) is 2.16. The number of nitrogens with one attached hydrogen (secondary N) is 2. The van der Waals surface area contributed by atoms with Crippen LogP contribution >= 0.6 is 35.0 Å². The summed E-state index contributed by atoms with van der Waals surface area (Å²) in [5, 5.41) is 6.33. The number of benzene rings is 2. The monoisotopic (exact) mass is 410 g/mol. The minimum atomic E-state index is -0.184. The first-order valence-electron chi connectivity index (χ1n) is 8.26. The zero-order chi connectivity index (χ0) is 18.9. The van der Waals surface area contributed by atoms with Crippen molar-refractivity contribution in [3.8, 4) is 0 Å². The van der Waals surface area contributed by atoms with Crippen LogP contribution in [0.3, 0.4) is 0 Å². The van der Waals surface area contributed by atoms with Crippen molar-refractivity contribution in [2.24, 2.45) is 0 Å². The summed E-state index contributed by atoms with van der Waals surface area (Å²) in [6.45, 7) is 2.05. The number of carbonyl (C=O) groups is 2. The molecule has 0 fully saturated rings. The lowest BCUT2D eigenvalue weighted by atomic mass is 10.2. The van der Waals surface area contributed by atoms with Gasteiger partial charge in [-0.1, -0.05) is 48.7 Å². The normalized spacial score (nSPS) is 10.4. The van der Waals surface area contributed by atoms with Crippen molar-refractivity contribution < 1.29 is 9.59 Å². The second-order valence-corrected chi connectivity index (χ2v) is 7.45. The summed E-state index contributed by atoms with van der Waals surface area (Å²) < 4.78 is 0. The van der Waals surface area contributed by atoms with Crippen LogP contribution in [0.15, 0.2) is 47.4 Å². The molecule has 0 aromatic heterocycles. The summed E-state index contributed by atoms with van der Waals surface area (Å²) in [5.41, 5.74) is 1.22. The molecule has 7 heteroatoms. The van der Waals surface area contributed by atoms with Crippen LogP contribution in [-0.4, -0.2) is 17.6 Å². The molecule has 2 rings (SSSR count). The Bertz CT molecular complexity index is 784. The molecule has 0 bridgehead atoms. The molecule has 2 aromatic rings. The zero-order valence-corrected chi connectivity index (χ0v) is 16.7. The van der Waals surface area contributed by atoms with Gasteiger partial charge in [0, 0.05) is 17.0 Å². The highest BCUT2D eigenvalue weighted by Gasteiger charge is 2.09. The molecular weight excluding hydrogens is 391 g/mol. The van der Waals surface area contributed by atoms with Crippen LogP contribution in [-0.2, 0) is 9.59 Å². The topological polar surface area (TPSA) is 58.2 Å². The largest absolute Gasteiger partial charge is 0.326 e. The summed E-state index contributed by atoms with van der Waals surface area (Å²) in [7, 11) is 0. The summed E-state index contributed by atoms with van der Waals surface area (Å²) in [6.07, 6.45) is 2.36. The molecule has 0 saturated heterocycles. The van der Waals surface area contributed by atoms with E-state index in [0.29, 0.717) is 22.2 Å². The van der Waals surface area contributed by atoms with E-state index in [-0.39, 0.29) is 17.6 Å². The van der Waals surface area contributed by atoms with Gasteiger partial charge in [-0.25, -0.2) is 0 Å². The highest BCUT2D eigenvalue weighted by Crippen LogP contribution is 2.30. The van der Waals surface area contributed by atoms with Crippen LogP contribution in [0, 0.1) is 0 Å². The number of carbonyl (C=O) groups excluding carboxylic acids is 2. The smallest absolute Gasteiger partial charge is 0.234 e. The molecule has 0 unspecified atom stereocenters. The van der Waals surface area contributed by atoms with E-state index in [0.717, 1.165) is 23.4 Å². The number of anilines is 2. The SMILES string of the molecule is CCCCC(=O)Nc1cccc(SCC(=O)Nc2cccc(Cl)c2Cl)c1. The van der Waals surface area contributed by atoms with Crippen LogP contribution in [0.2, 0.25) is 10.0 Å². The molecule has 4 nitrogen and oxygen atoms in total. The number of hydrogen-bond acceptors (Lipinski definition) is 3. The first-order valence-corrected chi connectivity index (χ1v) is 10.0. The maximum atomic E-state index is 12.1. The second-order valence-electron chi connectivity index (χ2n) is 5.62. The molecule has 26 heavy (non-hydrogen) atoms. The highest BCUT2D eigenvalue weighted by molar-refractivity contribution is 8.00. The molecular formula is C19H20Cl2N2O2S. The van der Waals surface area contributed by atoms with Gasteiger partial charge in [0.15, 0.2) is 0 Å². The van der Waals surface area contributed by atoms with Gasteiger partial charge >= 0.3 is 0 Å². The van der Waals surface area contributed by atoms with E-state index in [9.17, 15) is 9.59 Å². The quantitative estimate of drug-likeness (QED) is 0.536. The van der Waals surface area contributed by atoms with Crippen molar-refractivity contribution in [1.29, 1.82) is 0 Å². The number of thioether (sulfide) groups is 1. The van der Waals surface area contributed by atoms with Crippen molar-refractivity contribution >= 4 is 58.2 Å². The molecule has 0 saturated carbocycles. The van der Waals surface area contributed by atoms with Crippen LogP contribution in [0.25, 0.3) is 0 Å². The van der Waals surface area contributed by atoms with Crippen LogP contribution in [0.1, 0.15) is 26.2 Å². The zero-order valence-electron chi connectivity index (χ0n) is 14.4. The Morgan fingerprint density at radius 2 is 1.81 bits per heavy atom. The summed E-state index contributed by atoms with van der Waals surface area (Å²) >= 11 is 13.4. The Hall–Kier alpha value is -1.69. The van der Waals surface area contributed by atoms with Crippen LogP contribution < -0.4 is 10.6 Å². The third-order valence-corrected chi connectivity index (χ3v) is 5.28. The Labute approximate surface area is 167 Å². The molecule has 0 heterocycles. The van der Waals surface area contributed by atoms with Gasteiger partial charge in [-0.05, 0) is 36.8 Å². The fourth-order valence-corrected chi connectivity index (χ4v) is 3.26. The standard InChI is InChI=1S/C19H20Cl2N2O2S/c1-2-3-10-17(24)22-13-6-4-7-14(11-13)26-12-18(25)23-16-9-5-8-15(20)19(16)21/h4-9,11H,2-3,10,12H2,1H3,(H,22,24)(H,23,25). The van der Waals surface area contributed by atoms with E-state index in [1.807, 2.05) is 31.2 Å². The maximum Gasteiger partial charge on any atom is 0.234 e. The highest BCUT2D eigenvalue weighted by atomic mass is 35.5. The molecule has 138 valence electrons. The van der Waals surface area contributed by atoms with Crippen molar-refractivity contribution in [2.45, 2.75) is 31.1 Å². The molecule has 0 radical (unpaired) electrons. The van der Waals surface area contributed by atoms with E-state index < -0.39 is 0 Å². The van der Waals surface area contributed by atoms with Crippen molar-refractivity contribution in [3.63, 3.8) is 0 Å². The lowest BCUT2D eigenvalue weighted by molar-refractivity contribution is -0.116. The van der Waals surface area contributed by atoms with Gasteiger partial charge in [0.2, 0.25) is 11.8 Å². The van der Waals surface area contributed by atoms with Gasteiger partial charge in [0.1, 0.15) is 0 Å². The lowest BCUT2D eigenvalue weighted by Gasteiger charge is -2.09. The Morgan fingerprint density at radius 1 is 1.04 bits per heavy atom. The summed E-state index contributed by atoms with van der Waals surface area (Å²) in [6, 6.07) is 12.5. The number of halogens is 2. The third kappa shape index (κ3) is 6.56. The van der Waals surface area contributed by atoms with E-state index >= 15 is 0 Å². The predicted octanol–water partition coefficient (Wildman–Crippen LogP) is 5.85. The van der Waals surface area contributed by atoms with E-state index in [1.165, 1.54) is 11.8 Å². The number of amides is 2. The van der Waals surface area contributed by atoms with Gasteiger partial charge in [-0.3, -0.25) is 9.59 Å². The van der Waals surface area contributed by atoms with E-state index in [2.05, 4.69) is 10.6 Å². The van der Waals surface area contributed by atoms with Crippen LogP contribution in [0.4, 0.5) is 11.4 Å². The number of hydrogen-bond donors (Lipinski definition) is 2. The lowest BCUT2D eigenvalue weighted by Crippen LogP contribution is -2.14. The minimum absolute atomic E-state index is 0.00217. The molecule has 2 aromatic carbocycles. The number of rotatable bonds is 8. The van der Waals surface area contributed by atoms with Gasteiger partial charge in [0.05, 0.1) is 21.5 Å². The van der Waals surface area contributed by atoms with Gasteiger partial charge in [-0.2, -0.15) is 0 Å². The van der Waals surface area contributed by atoms with Crippen LogP contribution in [0.5, 0.6) is 0 Å². The van der Waals surface area contributed by atoms with Crippen molar-refractivity contribution in [2.75, 3.05) is 16.4 Å². The van der Waals surface area contributed by atoms with E-state index in [1.54, 1.807) is 18.2 Å². The van der Waals surface area contributed by atoms with Gasteiger partial charge < -0.3 is 10.6 Å². The van der Waals surface area contributed by atoms with Crippen molar-refractivity contribution in [3.05, 3.63) is 52.5 Å². The maximum absolute atomic E-state index is 12.1. The van der Waals surface area contributed by atoms with E-state index in [4.69, 9.17) is 23.2 Å². The van der Waals surface area contributed by atoms with Gasteiger partial charge in [-0.15, -0.1) is 11.8 Å². The second kappa shape index (κ2) is 10.5. The summed E-state index contributed by atoms with van der Waals surface area (Å²) in [5.74, 6) is 0.0367. The summed E-state index contributed by atoms with van der Waals surface area (Å²) in [4.78, 5) is 24.8. The number of unbranched alkanes of at least 4 members (excludes halogenated alkanes) is 1. The first-order chi connectivity index (χ1) is 12.5. The molecule has 2 N–H and O–H groups in total.